The summed E-state index contributed by atoms with van der Waals surface area (Å²) in [6, 6.07) is 8.30. The Hall–Kier alpha value is -0.830. The third kappa shape index (κ3) is 4.04. The van der Waals surface area contributed by atoms with Crippen molar-refractivity contribution in [2.75, 3.05) is 0 Å². The van der Waals surface area contributed by atoms with Crippen LogP contribution in [0.5, 0.6) is 0 Å². The molecule has 1 N–H and O–H groups in total. The van der Waals surface area contributed by atoms with Crippen molar-refractivity contribution in [1.29, 1.82) is 0 Å². The van der Waals surface area contributed by atoms with Gasteiger partial charge < -0.3 is 5.32 Å². The Bertz CT molecular complexity index is 319. The van der Waals surface area contributed by atoms with Crippen molar-refractivity contribution in [3.63, 3.8) is 0 Å². The molecule has 2 nitrogen and oxygen atoms in total. The number of amides is 1. The van der Waals surface area contributed by atoms with Crippen LogP contribution >= 0.6 is 15.9 Å². The minimum Gasteiger partial charge on any atom is -0.351 e. The predicted octanol–water partition coefficient (Wildman–Crippen LogP) is 2.65. The van der Waals surface area contributed by atoms with Gasteiger partial charge in [0, 0.05) is 6.54 Å². The van der Waals surface area contributed by atoms with E-state index in [2.05, 4.69) is 52.4 Å². The molecule has 1 aromatic rings. The zero-order valence-electron chi connectivity index (χ0n) is 9.09. The Morgan fingerprint density at radius 2 is 1.87 bits per heavy atom. The highest BCUT2D eigenvalue weighted by atomic mass is 79.9. The fourth-order valence-corrected chi connectivity index (χ4v) is 1.38. The lowest BCUT2D eigenvalue weighted by Gasteiger charge is -2.07. The van der Waals surface area contributed by atoms with Gasteiger partial charge in [-0.25, -0.2) is 0 Å². The molecule has 3 heteroatoms. The maximum atomic E-state index is 11.3. The standard InChI is InChI=1S/C12H16BrNO/c1-3-10-4-6-11(7-5-10)8-14-12(15)9(2)13/h4-7,9H,3,8H2,1-2H3,(H,14,15). The first kappa shape index (κ1) is 12.2. The Morgan fingerprint density at radius 1 is 1.33 bits per heavy atom. The van der Waals surface area contributed by atoms with Crippen LogP contribution in [0.2, 0.25) is 0 Å². The second kappa shape index (κ2) is 5.91. The topological polar surface area (TPSA) is 29.1 Å². The lowest BCUT2D eigenvalue weighted by atomic mass is 10.1. The number of halogens is 1. The number of nitrogens with one attached hydrogen (secondary N) is 1. The number of hydrogen-bond acceptors (Lipinski definition) is 1. The minimum atomic E-state index is -0.132. The molecule has 0 radical (unpaired) electrons. The van der Waals surface area contributed by atoms with Crippen molar-refractivity contribution in [2.24, 2.45) is 0 Å². The van der Waals surface area contributed by atoms with Crippen molar-refractivity contribution >= 4 is 21.8 Å². The summed E-state index contributed by atoms with van der Waals surface area (Å²) in [6.07, 6.45) is 1.05. The average Bonchev–Trinajstić information content (AvgIpc) is 2.26. The summed E-state index contributed by atoms with van der Waals surface area (Å²) >= 11 is 3.22. The Kier molecular flexibility index (Phi) is 4.82. The number of rotatable bonds is 4. The van der Waals surface area contributed by atoms with E-state index in [4.69, 9.17) is 0 Å². The highest BCUT2D eigenvalue weighted by molar-refractivity contribution is 9.10. The van der Waals surface area contributed by atoms with Crippen LogP contribution in [0.25, 0.3) is 0 Å². The SMILES string of the molecule is CCc1ccc(CNC(=O)C(C)Br)cc1. The zero-order valence-corrected chi connectivity index (χ0v) is 10.7. The van der Waals surface area contributed by atoms with Gasteiger partial charge in [0.05, 0.1) is 4.83 Å². The van der Waals surface area contributed by atoms with Crippen LogP contribution in [-0.4, -0.2) is 10.7 Å². The molecule has 0 fully saturated rings. The molecule has 1 rings (SSSR count). The van der Waals surface area contributed by atoms with Gasteiger partial charge in [-0.3, -0.25) is 4.79 Å². The number of aryl methyl sites for hydroxylation is 1. The monoisotopic (exact) mass is 269 g/mol. The van der Waals surface area contributed by atoms with Crippen molar-refractivity contribution < 1.29 is 4.79 Å². The number of hydrogen-bond donors (Lipinski definition) is 1. The molecular formula is C12H16BrNO. The predicted molar refractivity (Wildman–Crippen MR) is 66.1 cm³/mol. The molecular weight excluding hydrogens is 254 g/mol. The van der Waals surface area contributed by atoms with E-state index in [-0.39, 0.29) is 10.7 Å². The smallest absolute Gasteiger partial charge is 0.233 e. The molecule has 0 saturated heterocycles. The zero-order chi connectivity index (χ0) is 11.3. The van der Waals surface area contributed by atoms with Gasteiger partial charge in [0.1, 0.15) is 0 Å². The van der Waals surface area contributed by atoms with Gasteiger partial charge in [-0.05, 0) is 24.5 Å². The molecule has 0 bridgehead atoms. The number of carbonyl (C=O) groups excluding carboxylic acids is 1. The van der Waals surface area contributed by atoms with Gasteiger partial charge >= 0.3 is 0 Å². The van der Waals surface area contributed by atoms with Crippen molar-refractivity contribution in [1.82, 2.24) is 5.32 Å². The fourth-order valence-electron chi connectivity index (χ4n) is 1.22. The van der Waals surface area contributed by atoms with Crippen LogP contribution in [0.4, 0.5) is 0 Å². The lowest BCUT2D eigenvalue weighted by Crippen LogP contribution is -2.28. The summed E-state index contributed by atoms with van der Waals surface area (Å²) in [4.78, 5) is 11.1. The summed E-state index contributed by atoms with van der Waals surface area (Å²) in [5.74, 6) is 0.0227. The number of alkyl halides is 1. The molecule has 0 heterocycles. The molecule has 1 amide bonds. The molecule has 15 heavy (non-hydrogen) atoms. The third-order valence-corrected chi connectivity index (χ3v) is 2.68. The van der Waals surface area contributed by atoms with Gasteiger partial charge in [0.15, 0.2) is 0 Å². The second-order valence-corrected chi connectivity index (χ2v) is 4.88. The molecule has 1 aromatic carbocycles. The first-order valence-electron chi connectivity index (χ1n) is 5.13. The van der Waals surface area contributed by atoms with Crippen LogP contribution in [0, 0.1) is 0 Å². The van der Waals surface area contributed by atoms with Crippen LogP contribution in [0.3, 0.4) is 0 Å². The first-order valence-corrected chi connectivity index (χ1v) is 6.04. The van der Waals surface area contributed by atoms with Gasteiger partial charge in [0.2, 0.25) is 5.91 Å². The van der Waals surface area contributed by atoms with Gasteiger partial charge in [-0.15, -0.1) is 0 Å². The highest BCUT2D eigenvalue weighted by Gasteiger charge is 2.06. The maximum absolute atomic E-state index is 11.3. The fraction of sp³-hybridized carbons (Fsp3) is 0.417. The molecule has 1 atom stereocenters. The molecule has 0 aliphatic rings. The number of benzene rings is 1. The maximum Gasteiger partial charge on any atom is 0.233 e. The van der Waals surface area contributed by atoms with E-state index >= 15 is 0 Å². The van der Waals surface area contributed by atoms with E-state index in [1.807, 2.05) is 6.92 Å². The molecule has 0 saturated carbocycles. The van der Waals surface area contributed by atoms with Gasteiger partial charge in [-0.2, -0.15) is 0 Å². The highest BCUT2D eigenvalue weighted by Crippen LogP contribution is 2.05. The van der Waals surface area contributed by atoms with E-state index in [1.54, 1.807) is 0 Å². The summed E-state index contributed by atoms with van der Waals surface area (Å²) < 4.78 is 0. The Balaban J connectivity index is 2.47. The summed E-state index contributed by atoms with van der Waals surface area (Å²) in [6.45, 7) is 4.54. The van der Waals surface area contributed by atoms with Crippen molar-refractivity contribution in [2.45, 2.75) is 31.6 Å². The molecule has 1 unspecified atom stereocenters. The summed E-state index contributed by atoms with van der Waals surface area (Å²) in [5, 5.41) is 2.85. The average molecular weight is 270 g/mol. The lowest BCUT2D eigenvalue weighted by molar-refractivity contribution is -0.120. The molecule has 0 aliphatic heterocycles. The Labute approximate surface area is 99.2 Å². The Morgan fingerprint density at radius 3 is 2.33 bits per heavy atom. The molecule has 0 spiro atoms. The molecule has 0 aliphatic carbocycles. The normalized spacial score (nSPS) is 12.2. The van der Waals surface area contributed by atoms with E-state index in [9.17, 15) is 4.79 Å². The van der Waals surface area contributed by atoms with Crippen LogP contribution in [0.15, 0.2) is 24.3 Å². The summed E-state index contributed by atoms with van der Waals surface area (Å²) in [7, 11) is 0. The van der Waals surface area contributed by atoms with Gasteiger partial charge in [-0.1, -0.05) is 47.1 Å². The quantitative estimate of drug-likeness (QED) is 0.837. The van der Waals surface area contributed by atoms with Crippen LogP contribution in [-0.2, 0) is 17.8 Å². The third-order valence-electron chi connectivity index (χ3n) is 2.26. The minimum absolute atomic E-state index is 0.0227. The van der Waals surface area contributed by atoms with Crippen LogP contribution < -0.4 is 5.32 Å². The van der Waals surface area contributed by atoms with Crippen LogP contribution in [0.1, 0.15) is 25.0 Å². The molecule has 0 aromatic heterocycles. The van der Waals surface area contributed by atoms with E-state index < -0.39 is 0 Å². The largest absolute Gasteiger partial charge is 0.351 e. The number of carbonyl (C=O) groups is 1. The molecule has 82 valence electrons. The van der Waals surface area contributed by atoms with E-state index in [1.165, 1.54) is 5.56 Å². The summed E-state index contributed by atoms with van der Waals surface area (Å²) in [5.41, 5.74) is 2.45. The van der Waals surface area contributed by atoms with Crippen molar-refractivity contribution in [3.8, 4) is 0 Å². The van der Waals surface area contributed by atoms with Gasteiger partial charge in [0.25, 0.3) is 0 Å². The van der Waals surface area contributed by atoms with E-state index in [0.717, 1.165) is 12.0 Å². The van der Waals surface area contributed by atoms with E-state index in [0.29, 0.717) is 6.54 Å². The van der Waals surface area contributed by atoms with Crippen molar-refractivity contribution in [3.05, 3.63) is 35.4 Å². The first-order chi connectivity index (χ1) is 7.13. The second-order valence-electron chi connectivity index (χ2n) is 3.50.